The number of benzene rings is 2. The zero-order valence-electron chi connectivity index (χ0n) is 20.8. The summed E-state index contributed by atoms with van der Waals surface area (Å²) in [6.07, 6.45) is -1.64. The molecule has 6 N–H and O–H groups in total. The number of carbonyl (C=O) groups excluding carboxylic acids is 3. The number of rotatable bonds is 9. The van der Waals surface area contributed by atoms with Crippen molar-refractivity contribution in [2.45, 2.75) is 54.7 Å². The Kier molecular flexibility index (Phi) is 7.74. The van der Waals surface area contributed by atoms with Gasteiger partial charge in [0.05, 0.1) is 0 Å². The van der Waals surface area contributed by atoms with Crippen molar-refractivity contribution in [1.82, 2.24) is 15.5 Å². The zero-order chi connectivity index (χ0) is 27.6. The average molecular weight is 540 g/mol. The highest BCUT2D eigenvalue weighted by Crippen LogP contribution is 2.50. The quantitative estimate of drug-likeness (QED) is 0.173. The highest BCUT2D eigenvalue weighted by molar-refractivity contribution is 8.01. The van der Waals surface area contributed by atoms with Crippen molar-refractivity contribution in [2.75, 3.05) is 0 Å². The molecule has 200 valence electrons. The number of amidine groups is 1. The van der Waals surface area contributed by atoms with Gasteiger partial charge in [0.1, 0.15) is 29.3 Å². The number of β-lactam (4-membered cyclic amide) rings is 1. The van der Waals surface area contributed by atoms with Gasteiger partial charge in [0.2, 0.25) is 18.0 Å². The molecular weight excluding hydrogens is 510 g/mol. The number of carboxylic acid groups (broad SMARTS) is 1. The van der Waals surface area contributed by atoms with Gasteiger partial charge >= 0.3 is 5.97 Å². The number of hydrogen-bond donors (Lipinski definition) is 5. The number of aliphatic hydroxyl groups is 1. The maximum Gasteiger partial charge on any atom is 0.327 e. The summed E-state index contributed by atoms with van der Waals surface area (Å²) in [5.74, 6) is -3.22. The molecule has 0 spiro atoms. The monoisotopic (exact) mass is 539 g/mol. The van der Waals surface area contributed by atoms with Gasteiger partial charge in [-0.05, 0) is 25.0 Å². The van der Waals surface area contributed by atoms with Crippen LogP contribution in [0.4, 0.5) is 0 Å². The van der Waals surface area contributed by atoms with Crippen molar-refractivity contribution in [3.63, 3.8) is 0 Å². The van der Waals surface area contributed by atoms with E-state index in [9.17, 15) is 29.4 Å². The van der Waals surface area contributed by atoms with Crippen LogP contribution in [0.25, 0.3) is 0 Å². The predicted molar refractivity (Wildman–Crippen MR) is 141 cm³/mol. The third-order valence-electron chi connectivity index (χ3n) is 6.41. The van der Waals surface area contributed by atoms with Crippen LogP contribution in [0, 0.1) is 0 Å². The third-order valence-corrected chi connectivity index (χ3v) is 7.98. The second kappa shape index (κ2) is 10.8. The summed E-state index contributed by atoms with van der Waals surface area (Å²) in [7, 11) is 0. The van der Waals surface area contributed by atoms with E-state index in [1.165, 1.54) is 16.7 Å². The maximum absolute atomic E-state index is 13.3. The number of carboxylic acids is 1. The molecule has 0 radical (unpaired) electrons. The van der Waals surface area contributed by atoms with E-state index in [0.717, 1.165) is 5.56 Å². The molecule has 2 aromatic rings. The average Bonchev–Trinajstić information content (AvgIpc) is 3.14. The molecule has 0 bridgehead atoms. The minimum absolute atomic E-state index is 0.0357. The number of amides is 3. The van der Waals surface area contributed by atoms with Gasteiger partial charge in [-0.1, -0.05) is 60.7 Å². The van der Waals surface area contributed by atoms with E-state index in [4.69, 9.17) is 5.73 Å². The van der Waals surface area contributed by atoms with Crippen molar-refractivity contribution >= 4 is 41.3 Å². The summed E-state index contributed by atoms with van der Waals surface area (Å²) in [6.45, 7) is 3.47. The van der Waals surface area contributed by atoms with Crippen LogP contribution in [-0.4, -0.2) is 73.1 Å². The Morgan fingerprint density at radius 1 is 1.08 bits per heavy atom. The van der Waals surface area contributed by atoms with E-state index < -0.39 is 58.2 Å². The summed E-state index contributed by atoms with van der Waals surface area (Å²) in [4.78, 5) is 55.8. The Bertz CT molecular complexity index is 1260. The molecule has 5 atom stereocenters. The molecular formula is C26H29N5O6S. The standard InChI is InChI=1S/C26H29N5O6S/c1-26(2)19(25(36)37)31-23(35)18(24(31)38-26)30-20(32)17(15-11-7-4-8-12-15)29-22(34)21(33)28-16(27)13-14-9-5-3-6-10-14/h3-12,17-19,21,24,33H,13H2,1-2H3,(H2,27,28)(H,29,34)(H,30,32)(H,36,37)/t17?,18?,19-,21?,24+/m0/s1. The molecule has 2 fully saturated rings. The fraction of sp³-hybridized carbons (Fsp3) is 0.346. The third kappa shape index (κ3) is 5.50. The molecule has 3 unspecified atom stereocenters. The van der Waals surface area contributed by atoms with Crippen molar-refractivity contribution in [3.8, 4) is 0 Å². The summed E-state index contributed by atoms with van der Waals surface area (Å²) >= 11 is 1.29. The van der Waals surface area contributed by atoms with E-state index in [1.54, 1.807) is 44.2 Å². The zero-order valence-corrected chi connectivity index (χ0v) is 21.6. The van der Waals surface area contributed by atoms with Crippen LogP contribution in [0.2, 0.25) is 0 Å². The lowest BCUT2D eigenvalue weighted by Gasteiger charge is -2.44. The molecule has 2 aliphatic rings. The van der Waals surface area contributed by atoms with Crippen molar-refractivity contribution in [2.24, 2.45) is 10.7 Å². The van der Waals surface area contributed by atoms with Crippen LogP contribution in [-0.2, 0) is 25.6 Å². The van der Waals surface area contributed by atoms with Crippen molar-refractivity contribution in [3.05, 3.63) is 71.8 Å². The van der Waals surface area contributed by atoms with Crippen LogP contribution < -0.4 is 16.4 Å². The second-order valence-corrected chi connectivity index (χ2v) is 11.4. The number of aliphatic imine (C=N–C) groups is 1. The van der Waals surface area contributed by atoms with Crippen molar-refractivity contribution in [1.29, 1.82) is 0 Å². The van der Waals surface area contributed by atoms with Gasteiger partial charge in [-0.2, -0.15) is 0 Å². The number of nitrogens with one attached hydrogen (secondary N) is 2. The maximum atomic E-state index is 13.3. The molecule has 0 aliphatic carbocycles. The predicted octanol–water partition coefficient (Wildman–Crippen LogP) is 0.394. The lowest BCUT2D eigenvalue weighted by molar-refractivity contribution is -0.161. The smallest absolute Gasteiger partial charge is 0.327 e. The number of thioether (sulfide) groups is 1. The summed E-state index contributed by atoms with van der Waals surface area (Å²) in [5, 5.41) is 24.5. The SMILES string of the molecule is CC1(C)S[C@@H]2C(NC(=O)C(NC(=O)C(O)N=C(N)Cc3ccccc3)c3ccccc3)C(=O)N2[C@H]1C(=O)O. The number of fused-ring (bicyclic) bond motifs is 1. The molecule has 38 heavy (non-hydrogen) atoms. The van der Waals surface area contributed by atoms with Crippen LogP contribution in [0.5, 0.6) is 0 Å². The van der Waals surface area contributed by atoms with Crippen molar-refractivity contribution < 1.29 is 29.4 Å². The molecule has 2 saturated heterocycles. The number of carbonyl (C=O) groups is 4. The van der Waals surface area contributed by atoms with E-state index in [0.29, 0.717) is 5.56 Å². The molecule has 0 saturated carbocycles. The highest BCUT2D eigenvalue weighted by atomic mass is 32.2. The van der Waals surface area contributed by atoms with Gasteiger partial charge in [0, 0.05) is 11.2 Å². The number of nitrogens with zero attached hydrogens (tertiary/aromatic N) is 2. The topological polar surface area (TPSA) is 174 Å². The summed E-state index contributed by atoms with van der Waals surface area (Å²) in [6, 6.07) is 14.3. The van der Waals surface area contributed by atoms with Gasteiger partial charge in [0.25, 0.3) is 5.91 Å². The lowest BCUT2D eigenvalue weighted by Crippen LogP contribution is -2.71. The fourth-order valence-electron chi connectivity index (χ4n) is 4.61. The molecule has 3 amide bonds. The fourth-order valence-corrected chi connectivity index (χ4v) is 6.24. The first-order valence-electron chi connectivity index (χ1n) is 11.9. The Morgan fingerprint density at radius 2 is 1.68 bits per heavy atom. The molecule has 4 rings (SSSR count). The molecule has 0 aromatic heterocycles. The highest BCUT2D eigenvalue weighted by Gasteiger charge is 2.64. The Balaban J connectivity index is 1.46. The molecule has 2 aliphatic heterocycles. The first-order valence-corrected chi connectivity index (χ1v) is 12.8. The van der Waals surface area contributed by atoms with Crippen LogP contribution in [0.1, 0.15) is 31.0 Å². The van der Waals surface area contributed by atoms with Gasteiger partial charge < -0.3 is 31.5 Å². The number of aliphatic carboxylic acids is 1. The van der Waals surface area contributed by atoms with Crippen LogP contribution in [0.15, 0.2) is 65.7 Å². The van der Waals surface area contributed by atoms with Crippen LogP contribution in [0.3, 0.4) is 0 Å². The molecule has 11 nitrogen and oxygen atoms in total. The molecule has 2 aromatic carbocycles. The van der Waals surface area contributed by atoms with E-state index in [1.807, 2.05) is 30.3 Å². The minimum atomic E-state index is -1.86. The van der Waals surface area contributed by atoms with Crippen LogP contribution >= 0.6 is 11.8 Å². The van der Waals surface area contributed by atoms with E-state index in [-0.39, 0.29) is 12.3 Å². The Hall–Kier alpha value is -3.90. The van der Waals surface area contributed by atoms with Gasteiger partial charge in [-0.25, -0.2) is 9.79 Å². The van der Waals surface area contributed by atoms with E-state index in [2.05, 4.69) is 15.6 Å². The first-order chi connectivity index (χ1) is 18.0. The number of aliphatic hydroxyl groups excluding tert-OH is 1. The summed E-state index contributed by atoms with van der Waals surface area (Å²) in [5.41, 5.74) is 7.16. The molecule has 12 heteroatoms. The lowest BCUT2D eigenvalue weighted by atomic mass is 9.95. The number of hydrogen-bond acceptors (Lipinski definition) is 7. The Labute approximate surface area is 223 Å². The van der Waals surface area contributed by atoms with Gasteiger partial charge in [0.15, 0.2) is 0 Å². The number of nitrogens with two attached hydrogens (primary N) is 1. The largest absolute Gasteiger partial charge is 0.480 e. The first kappa shape index (κ1) is 27.1. The second-order valence-electron chi connectivity index (χ2n) is 9.59. The van der Waals surface area contributed by atoms with E-state index >= 15 is 0 Å². The van der Waals surface area contributed by atoms with Gasteiger partial charge in [-0.15, -0.1) is 11.8 Å². The molecule has 2 heterocycles. The normalized spacial score (nSPS) is 23.6. The Morgan fingerprint density at radius 3 is 2.29 bits per heavy atom. The van der Waals surface area contributed by atoms with Gasteiger partial charge in [-0.3, -0.25) is 14.4 Å². The summed E-state index contributed by atoms with van der Waals surface area (Å²) < 4.78 is -0.750. The minimum Gasteiger partial charge on any atom is -0.480 e.